The fraction of sp³-hybridized carbons (Fsp3) is 0.474. The molecule has 0 aliphatic heterocycles. The number of carboxylic acids is 1. The number of carbonyl (C=O) groups excluding carboxylic acids is 1. The summed E-state index contributed by atoms with van der Waals surface area (Å²) in [6.45, 7) is 1.79. The number of amides is 1. The van der Waals surface area contributed by atoms with E-state index in [9.17, 15) is 9.59 Å². The molecule has 0 unspecified atom stereocenters. The van der Waals surface area contributed by atoms with Gasteiger partial charge in [-0.3, -0.25) is 4.79 Å². The topological polar surface area (TPSA) is 84.9 Å². The Hall–Kier alpha value is -2.50. The van der Waals surface area contributed by atoms with Crippen molar-refractivity contribution in [1.29, 1.82) is 0 Å². The van der Waals surface area contributed by atoms with Crippen LogP contribution in [0.1, 0.15) is 38.2 Å². The maximum absolute atomic E-state index is 12.1. The summed E-state index contributed by atoms with van der Waals surface area (Å²) >= 11 is 0. The first-order valence-corrected chi connectivity index (χ1v) is 8.49. The van der Waals surface area contributed by atoms with Gasteiger partial charge in [-0.2, -0.15) is 0 Å². The van der Waals surface area contributed by atoms with E-state index in [-0.39, 0.29) is 11.9 Å². The molecule has 1 aromatic carbocycles. The predicted molar refractivity (Wildman–Crippen MR) is 94.7 cm³/mol. The number of rotatable bonds is 7. The third kappa shape index (κ3) is 6.14. The maximum Gasteiger partial charge on any atom is 0.341 e. The first kappa shape index (κ1) is 18.8. The Bertz CT molecular complexity index is 633. The van der Waals surface area contributed by atoms with E-state index in [0.717, 1.165) is 37.2 Å². The van der Waals surface area contributed by atoms with E-state index in [4.69, 9.17) is 14.6 Å². The fourth-order valence-electron chi connectivity index (χ4n) is 2.87. The van der Waals surface area contributed by atoms with Crippen LogP contribution < -0.4 is 14.8 Å². The van der Waals surface area contributed by atoms with Crippen LogP contribution in [-0.4, -0.2) is 36.7 Å². The molecule has 6 nitrogen and oxygen atoms in total. The lowest BCUT2D eigenvalue weighted by atomic mass is 9.87. The molecule has 1 aliphatic rings. The lowest BCUT2D eigenvalue weighted by molar-refractivity contribution is -0.139. The van der Waals surface area contributed by atoms with Crippen LogP contribution in [0.5, 0.6) is 11.5 Å². The third-order valence-electron chi connectivity index (χ3n) is 4.33. The molecule has 0 radical (unpaired) electrons. The van der Waals surface area contributed by atoms with Crippen LogP contribution in [0, 0.1) is 5.92 Å². The minimum atomic E-state index is -1.07. The molecule has 0 saturated heterocycles. The highest BCUT2D eigenvalue weighted by Crippen LogP contribution is 2.28. The van der Waals surface area contributed by atoms with Gasteiger partial charge in [-0.15, -0.1) is 0 Å². The zero-order chi connectivity index (χ0) is 18.2. The van der Waals surface area contributed by atoms with Crippen molar-refractivity contribution in [2.75, 3.05) is 13.7 Å². The molecule has 0 heterocycles. The smallest absolute Gasteiger partial charge is 0.341 e. The second-order valence-corrected chi connectivity index (χ2v) is 6.39. The quantitative estimate of drug-likeness (QED) is 0.741. The van der Waals surface area contributed by atoms with E-state index in [0.29, 0.717) is 11.5 Å². The second kappa shape index (κ2) is 9.11. The summed E-state index contributed by atoms with van der Waals surface area (Å²) in [5, 5.41) is 11.8. The van der Waals surface area contributed by atoms with Gasteiger partial charge < -0.3 is 19.9 Å². The van der Waals surface area contributed by atoms with Crippen molar-refractivity contribution in [3.8, 4) is 11.5 Å². The van der Waals surface area contributed by atoms with Gasteiger partial charge in [0.2, 0.25) is 5.91 Å². The van der Waals surface area contributed by atoms with Crippen molar-refractivity contribution >= 4 is 18.0 Å². The molecule has 0 aromatic heterocycles. The minimum Gasteiger partial charge on any atom is -0.493 e. The highest BCUT2D eigenvalue weighted by Gasteiger charge is 2.18. The average Bonchev–Trinajstić information content (AvgIpc) is 2.60. The summed E-state index contributed by atoms with van der Waals surface area (Å²) in [6, 6.07) is 5.35. The molecule has 1 aliphatic carbocycles. The van der Waals surface area contributed by atoms with Gasteiger partial charge in [0.1, 0.15) is 0 Å². The first-order chi connectivity index (χ1) is 12.0. The molecule has 1 amide bonds. The van der Waals surface area contributed by atoms with Crippen molar-refractivity contribution < 1.29 is 24.2 Å². The lowest BCUT2D eigenvalue weighted by Gasteiger charge is -2.26. The van der Waals surface area contributed by atoms with Crippen LogP contribution in [0.15, 0.2) is 24.3 Å². The number of carboxylic acid groups (broad SMARTS) is 1. The Labute approximate surface area is 147 Å². The van der Waals surface area contributed by atoms with Crippen molar-refractivity contribution in [1.82, 2.24) is 5.32 Å². The lowest BCUT2D eigenvalue weighted by Crippen LogP contribution is -2.36. The molecule has 0 atom stereocenters. The van der Waals surface area contributed by atoms with E-state index in [1.165, 1.54) is 13.2 Å². The van der Waals surface area contributed by atoms with Crippen molar-refractivity contribution in [3.05, 3.63) is 29.8 Å². The van der Waals surface area contributed by atoms with Gasteiger partial charge in [-0.05, 0) is 55.4 Å². The van der Waals surface area contributed by atoms with E-state index in [2.05, 4.69) is 12.2 Å². The summed E-state index contributed by atoms with van der Waals surface area (Å²) in [5.74, 6) is 0.327. The summed E-state index contributed by atoms with van der Waals surface area (Å²) in [4.78, 5) is 22.7. The largest absolute Gasteiger partial charge is 0.493 e. The van der Waals surface area contributed by atoms with Crippen LogP contribution in [-0.2, 0) is 9.59 Å². The zero-order valence-corrected chi connectivity index (χ0v) is 14.7. The van der Waals surface area contributed by atoms with Crippen LogP contribution in [0.2, 0.25) is 0 Å². The van der Waals surface area contributed by atoms with Crippen molar-refractivity contribution in [2.24, 2.45) is 5.92 Å². The van der Waals surface area contributed by atoms with E-state index in [1.54, 1.807) is 24.3 Å². The standard InChI is InChI=1S/C19H25NO5/c1-13-3-7-15(8-4-13)20-18(21)10-6-14-5-9-16(24-2)17(11-14)25-12-19(22)23/h5-6,9-11,13,15H,3-4,7-8,12H2,1-2H3,(H,20,21)(H,22,23)/t13-,15-. The van der Waals surface area contributed by atoms with Crippen LogP contribution in [0.3, 0.4) is 0 Å². The molecule has 2 rings (SSSR count). The number of methoxy groups -OCH3 is 1. The Morgan fingerprint density at radius 2 is 1.96 bits per heavy atom. The number of aliphatic carboxylic acids is 1. The van der Waals surface area contributed by atoms with Gasteiger partial charge in [0, 0.05) is 12.1 Å². The number of carbonyl (C=O) groups is 2. The zero-order valence-electron chi connectivity index (χ0n) is 14.7. The van der Waals surface area contributed by atoms with Crippen LogP contribution >= 0.6 is 0 Å². The predicted octanol–water partition coefficient (Wildman–Crippen LogP) is 2.87. The number of hydrogen-bond donors (Lipinski definition) is 2. The highest BCUT2D eigenvalue weighted by molar-refractivity contribution is 5.92. The van der Waals surface area contributed by atoms with Gasteiger partial charge in [-0.25, -0.2) is 4.79 Å². The number of nitrogens with one attached hydrogen (secondary N) is 1. The number of benzene rings is 1. The molecule has 25 heavy (non-hydrogen) atoms. The molecular formula is C19H25NO5. The van der Waals surface area contributed by atoms with E-state index in [1.807, 2.05) is 0 Å². The Morgan fingerprint density at radius 3 is 2.60 bits per heavy atom. The molecule has 2 N–H and O–H groups in total. The summed E-state index contributed by atoms with van der Waals surface area (Å²) in [7, 11) is 1.48. The minimum absolute atomic E-state index is 0.122. The molecule has 136 valence electrons. The molecule has 1 fully saturated rings. The van der Waals surface area contributed by atoms with E-state index >= 15 is 0 Å². The molecular weight excluding hydrogens is 322 g/mol. The van der Waals surface area contributed by atoms with Crippen LogP contribution in [0.4, 0.5) is 0 Å². The van der Waals surface area contributed by atoms with Crippen molar-refractivity contribution in [2.45, 2.75) is 38.6 Å². The number of hydrogen-bond acceptors (Lipinski definition) is 4. The number of ether oxygens (including phenoxy) is 2. The van der Waals surface area contributed by atoms with Crippen LogP contribution in [0.25, 0.3) is 6.08 Å². The van der Waals surface area contributed by atoms with E-state index < -0.39 is 12.6 Å². The Balaban J connectivity index is 1.96. The first-order valence-electron chi connectivity index (χ1n) is 8.49. The summed E-state index contributed by atoms with van der Waals surface area (Å²) < 4.78 is 10.4. The summed E-state index contributed by atoms with van der Waals surface area (Å²) in [5.41, 5.74) is 0.730. The van der Waals surface area contributed by atoms with Gasteiger partial charge in [-0.1, -0.05) is 13.0 Å². The van der Waals surface area contributed by atoms with Crippen molar-refractivity contribution in [3.63, 3.8) is 0 Å². The third-order valence-corrected chi connectivity index (χ3v) is 4.33. The van der Waals surface area contributed by atoms with Gasteiger partial charge in [0.15, 0.2) is 18.1 Å². The maximum atomic E-state index is 12.1. The van der Waals surface area contributed by atoms with Gasteiger partial charge in [0.05, 0.1) is 7.11 Å². The Kier molecular flexibility index (Phi) is 6.86. The fourth-order valence-corrected chi connectivity index (χ4v) is 2.87. The monoisotopic (exact) mass is 347 g/mol. The highest BCUT2D eigenvalue weighted by atomic mass is 16.5. The average molecular weight is 347 g/mol. The molecule has 6 heteroatoms. The molecule has 1 saturated carbocycles. The van der Waals surface area contributed by atoms with Gasteiger partial charge >= 0.3 is 5.97 Å². The molecule has 0 spiro atoms. The molecule has 1 aromatic rings. The second-order valence-electron chi connectivity index (χ2n) is 6.39. The van der Waals surface area contributed by atoms with Gasteiger partial charge in [0.25, 0.3) is 0 Å². The summed E-state index contributed by atoms with van der Waals surface area (Å²) in [6.07, 6.45) is 7.51. The molecule has 0 bridgehead atoms. The normalized spacial score (nSPS) is 20.2. The SMILES string of the molecule is COc1ccc(C=CC(=O)N[C@H]2CC[C@H](C)CC2)cc1OCC(=O)O. The Morgan fingerprint density at radius 1 is 1.24 bits per heavy atom.